The van der Waals surface area contributed by atoms with Gasteiger partial charge in [-0.15, -0.1) is 0 Å². The second kappa shape index (κ2) is 6.34. The van der Waals surface area contributed by atoms with E-state index < -0.39 is 0 Å². The molecule has 0 saturated carbocycles. The van der Waals surface area contributed by atoms with E-state index in [1.54, 1.807) is 6.07 Å². The van der Waals surface area contributed by atoms with Gasteiger partial charge >= 0.3 is 0 Å². The van der Waals surface area contributed by atoms with Crippen LogP contribution in [0.15, 0.2) is 30.3 Å². The Hall–Kier alpha value is -2.14. The van der Waals surface area contributed by atoms with E-state index in [1.165, 1.54) is 0 Å². The molecule has 1 unspecified atom stereocenters. The number of nitrogens with zero attached hydrogens (tertiary/aromatic N) is 1. The molecule has 3 N–H and O–H groups in total. The molecule has 0 spiro atoms. The number of hydrogen-bond donors (Lipinski definition) is 2. The predicted molar refractivity (Wildman–Crippen MR) is 79.6 cm³/mol. The van der Waals surface area contributed by atoms with Gasteiger partial charge in [0, 0.05) is 18.0 Å². The summed E-state index contributed by atoms with van der Waals surface area (Å²) in [6.45, 7) is 4.91. The number of anilines is 1. The summed E-state index contributed by atoms with van der Waals surface area (Å²) in [5.74, 6) is 0.125. The van der Waals surface area contributed by atoms with Gasteiger partial charge in [0.15, 0.2) is 0 Å². The van der Waals surface area contributed by atoms with E-state index in [1.807, 2.05) is 38.1 Å². The molecule has 1 heterocycles. The Labute approximate surface area is 118 Å². The molecular weight excluding hydrogens is 254 g/mol. The van der Waals surface area contributed by atoms with Gasteiger partial charge in [-0.3, -0.25) is 4.79 Å². The molecule has 0 radical (unpaired) electrons. The Morgan fingerprint density at radius 2 is 2.20 bits per heavy atom. The summed E-state index contributed by atoms with van der Waals surface area (Å²) in [4.78, 5) is 16.3. The van der Waals surface area contributed by atoms with E-state index in [0.717, 1.165) is 10.8 Å². The Balaban J connectivity index is 2.18. The lowest BCUT2D eigenvalue weighted by Gasteiger charge is -2.13. The Kier molecular flexibility index (Phi) is 4.53. The van der Waals surface area contributed by atoms with Crippen LogP contribution in [0.4, 0.5) is 5.82 Å². The van der Waals surface area contributed by atoms with Crippen molar-refractivity contribution >= 4 is 22.5 Å². The van der Waals surface area contributed by atoms with Crippen molar-refractivity contribution in [3.05, 3.63) is 36.0 Å². The topological polar surface area (TPSA) is 77.2 Å². The standard InChI is InChI=1S/C15H19N3O2/c1-3-20-9-10(2)17-15(19)13-8-11-6-4-5-7-12(11)14(16)18-13/h4-8,10H,3,9H2,1-2H3,(H2,16,18)(H,17,19). The van der Waals surface area contributed by atoms with Crippen LogP contribution in [0.5, 0.6) is 0 Å². The summed E-state index contributed by atoms with van der Waals surface area (Å²) in [6, 6.07) is 9.27. The summed E-state index contributed by atoms with van der Waals surface area (Å²) in [7, 11) is 0. The van der Waals surface area contributed by atoms with Gasteiger partial charge in [0.05, 0.1) is 6.61 Å². The zero-order chi connectivity index (χ0) is 14.5. The smallest absolute Gasteiger partial charge is 0.270 e. The third-order valence-electron chi connectivity index (χ3n) is 2.95. The molecule has 2 rings (SSSR count). The number of amides is 1. The van der Waals surface area contributed by atoms with Crippen molar-refractivity contribution < 1.29 is 9.53 Å². The number of carbonyl (C=O) groups excluding carboxylic acids is 1. The zero-order valence-corrected chi connectivity index (χ0v) is 11.7. The SMILES string of the molecule is CCOCC(C)NC(=O)c1cc2ccccc2c(N)n1. The summed E-state index contributed by atoms with van der Waals surface area (Å²) in [6.07, 6.45) is 0. The van der Waals surface area contributed by atoms with E-state index in [9.17, 15) is 4.79 Å². The van der Waals surface area contributed by atoms with Gasteiger partial charge in [-0.05, 0) is 25.3 Å². The average Bonchev–Trinajstić information content (AvgIpc) is 2.45. The van der Waals surface area contributed by atoms with Gasteiger partial charge in [0.2, 0.25) is 0 Å². The lowest BCUT2D eigenvalue weighted by molar-refractivity contribution is 0.0867. The number of aromatic nitrogens is 1. The maximum absolute atomic E-state index is 12.1. The first kappa shape index (κ1) is 14.3. The van der Waals surface area contributed by atoms with Crippen LogP contribution in [-0.4, -0.2) is 30.1 Å². The highest BCUT2D eigenvalue weighted by molar-refractivity contribution is 5.99. The van der Waals surface area contributed by atoms with Crippen molar-refractivity contribution in [2.24, 2.45) is 0 Å². The molecule has 0 saturated heterocycles. The van der Waals surface area contributed by atoms with E-state index in [4.69, 9.17) is 10.5 Å². The predicted octanol–water partition coefficient (Wildman–Crippen LogP) is 1.97. The average molecular weight is 273 g/mol. The van der Waals surface area contributed by atoms with Crippen LogP contribution < -0.4 is 11.1 Å². The fraction of sp³-hybridized carbons (Fsp3) is 0.333. The van der Waals surface area contributed by atoms with E-state index in [-0.39, 0.29) is 11.9 Å². The highest BCUT2D eigenvalue weighted by Gasteiger charge is 2.13. The van der Waals surface area contributed by atoms with Crippen LogP contribution in [0.2, 0.25) is 0 Å². The highest BCUT2D eigenvalue weighted by Crippen LogP contribution is 2.19. The van der Waals surface area contributed by atoms with Crippen LogP contribution in [-0.2, 0) is 4.74 Å². The second-order valence-corrected chi connectivity index (χ2v) is 4.65. The van der Waals surface area contributed by atoms with E-state index >= 15 is 0 Å². The molecule has 20 heavy (non-hydrogen) atoms. The first-order valence-electron chi connectivity index (χ1n) is 6.65. The largest absolute Gasteiger partial charge is 0.383 e. The van der Waals surface area contributed by atoms with Crippen LogP contribution >= 0.6 is 0 Å². The molecule has 106 valence electrons. The summed E-state index contributed by atoms with van der Waals surface area (Å²) < 4.78 is 5.27. The van der Waals surface area contributed by atoms with Crippen LogP contribution in [0.3, 0.4) is 0 Å². The summed E-state index contributed by atoms with van der Waals surface area (Å²) >= 11 is 0. The quantitative estimate of drug-likeness (QED) is 0.873. The maximum Gasteiger partial charge on any atom is 0.270 e. The summed E-state index contributed by atoms with van der Waals surface area (Å²) in [5.41, 5.74) is 6.21. The lowest BCUT2D eigenvalue weighted by atomic mass is 10.1. The molecule has 0 aliphatic carbocycles. The number of pyridine rings is 1. The molecule has 5 nitrogen and oxygen atoms in total. The van der Waals surface area contributed by atoms with Gasteiger partial charge < -0.3 is 15.8 Å². The minimum Gasteiger partial charge on any atom is -0.383 e. The molecule has 0 aliphatic heterocycles. The molecule has 1 atom stereocenters. The van der Waals surface area contributed by atoms with Crippen LogP contribution in [0.1, 0.15) is 24.3 Å². The monoisotopic (exact) mass is 273 g/mol. The molecule has 1 aromatic carbocycles. The number of fused-ring (bicyclic) bond motifs is 1. The maximum atomic E-state index is 12.1. The number of rotatable bonds is 5. The molecule has 0 fully saturated rings. The minimum atomic E-state index is -0.241. The zero-order valence-electron chi connectivity index (χ0n) is 11.7. The molecule has 5 heteroatoms. The Morgan fingerprint density at radius 1 is 1.45 bits per heavy atom. The number of benzene rings is 1. The van der Waals surface area contributed by atoms with Gasteiger partial charge in [0.1, 0.15) is 11.5 Å². The number of carbonyl (C=O) groups is 1. The van der Waals surface area contributed by atoms with Crippen molar-refractivity contribution in [2.45, 2.75) is 19.9 Å². The fourth-order valence-corrected chi connectivity index (χ4v) is 1.98. The molecule has 0 aliphatic rings. The van der Waals surface area contributed by atoms with Crippen LogP contribution in [0.25, 0.3) is 10.8 Å². The Bertz CT molecular complexity index is 613. The minimum absolute atomic E-state index is 0.0723. The van der Waals surface area contributed by atoms with Crippen molar-refractivity contribution in [3.63, 3.8) is 0 Å². The van der Waals surface area contributed by atoms with Gasteiger partial charge in [-0.2, -0.15) is 0 Å². The third kappa shape index (κ3) is 3.24. The fourth-order valence-electron chi connectivity index (χ4n) is 1.98. The van der Waals surface area contributed by atoms with Crippen molar-refractivity contribution in [1.29, 1.82) is 0 Å². The summed E-state index contributed by atoms with van der Waals surface area (Å²) in [5, 5.41) is 4.60. The molecule has 1 aromatic heterocycles. The van der Waals surface area contributed by atoms with E-state index in [2.05, 4.69) is 10.3 Å². The number of hydrogen-bond acceptors (Lipinski definition) is 4. The molecule has 2 aromatic rings. The van der Waals surface area contributed by atoms with E-state index in [0.29, 0.717) is 24.7 Å². The van der Waals surface area contributed by atoms with Crippen molar-refractivity contribution in [3.8, 4) is 0 Å². The van der Waals surface area contributed by atoms with Crippen molar-refractivity contribution in [2.75, 3.05) is 18.9 Å². The second-order valence-electron chi connectivity index (χ2n) is 4.65. The Morgan fingerprint density at radius 3 is 2.95 bits per heavy atom. The lowest BCUT2D eigenvalue weighted by Crippen LogP contribution is -2.36. The number of nitrogens with two attached hydrogens (primary N) is 1. The molecule has 1 amide bonds. The normalized spacial score (nSPS) is 12.3. The molecular formula is C15H19N3O2. The van der Waals surface area contributed by atoms with Gasteiger partial charge in [-0.25, -0.2) is 4.98 Å². The van der Waals surface area contributed by atoms with Gasteiger partial charge in [-0.1, -0.05) is 24.3 Å². The van der Waals surface area contributed by atoms with Gasteiger partial charge in [0.25, 0.3) is 5.91 Å². The number of nitrogen functional groups attached to an aromatic ring is 1. The number of ether oxygens (including phenoxy) is 1. The first-order valence-corrected chi connectivity index (χ1v) is 6.65. The first-order chi connectivity index (χ1) is 9.61. The number of nitrogens with one attached hydrogen (secondary N) is 1. The third-order valence-corrected chi connectivity index (χ3v) is 2.95. The van der Waals surface area contributed by atoms with Crippen LogP contribution in [0, 0.1) is 0 Å². The van der Waals surface area contributed by atoms with Crippen molar-refractivity contribution in [1.82, 2.24) is 10.3 Å². The highest BCUT2D eigenvalue weighted by atomic mass is 16.5. The molecule has 0 bridgehead atoms.